The van der Waals surface area contributed by atoms with E-state index in [-0.39, 0.29) is 83.6 Å². The molecule has 22 valence electrons. The molecule has 0 aliphatic rings. The second kappa shape index (κ2) is 17.8. The Balaban J connectivity index is 0. The summed E-state index contributed by atoms with van der Waals surface area (Å²) in [6.45, 7) is 0. The third kappa shape index (κ3) is 8.82. The molecule has 1 nitrogen and oxygen atoms in total. The predicted molar refractivity (Wildman–Crippen MR) is 30.6 cm³/mol. The molecule has 0 aromatic heterocycles. The van der Waals surface area contributed by atoms with Crippen molar-refractivity contribution < 1.29 is 5.48 Å². The molecule has 0 atom stereocenters. The van der Waals surface area contributed by atoms with Gasteiger partial charge in [-0.3, -0.25) is 0 Å². The van der Waals surface area contributed by atoms with Gasteiger partial charge >= 0.3 is 60.8 Å². The van der Waals surface area contributed by atoms with Crippen molar-refractivity contribution in [3.05, 3.63) is 0 Å². The summed E-state index contributed by atoms with van der Waals surface area (Å²) in [6, 6.07) is 0. The van der Waals surface area contributed by atoms with Crippen molar-refractivity contribution in [2.45, 2.75) is 0 Å². The van der Waals surface area contributed by atoms with E-state index in [1.165, 1.54) is 0 Å². The zero-order valence-corrected chi connectivity index (χ0v) is 0.500. The van der Waals surface area contributed by atoms with Crippen LogP contribution in [-0.4, -0.2) is 83.6 Å². The van der Waals surface area contributed by atoms with Crippen molar-refractivity contribution in [1.82, 2.24) is 0 Å². The third-order valence-corrected chi connectivity index (χ3v) is 0. The van der Waals surface area contributed by atoms with Crippen molar-refractivity contribution >= 4 is 78.2 Å². The summed E-state index contributed by atoms with van der Waals surface area (Å²) in [7, 11) is 0. The molecule has 0 bridgehead atoms. The maximum absolute atomic E-state index is 0. The SMILES string of the molecule is O.[AlH3].[CaH2].[MgH2]. The van der Waals surface area contributed by atoms with Crippen LogP contribution in [0.3, 0.4) is 0 Å². The van der Waals surface area contributed by atoms with E-state index < -0.39 is 0 Å². The first-order valence-corrected chi connectivity index (χ1v) is 0. The largest absolute Gasteiger partial charge is 0.316 e. The maximum atomic E-state index is 0. The molecule has 0 aliphatic carbocycles. The Morgan fingerprint density at radius 3 is 1.00 bits per heavy atom. The van der Waals surface area contributed by atoms with Crippen LogP contribution in [0.25, 0.3) is 0 Å². The summed E-state index contributed by atoms with van der Waals surface area (Å²) in [5, 5.41) is 0. The van der Waals surface area contributed by atoms with Crippen LogP contribution in [0.5, 0.6) is 0 Å². The van der Waals surface area contributed by atoms with E-state index in [0.29, 0.717) is 0 Å². The molecule has 0 radical (unpaired) electrons. The van der Waals surface area contributed by atoms with E-state index in [4.69, 9.17) is 0 Å². The predicted octanol–water partition coefficient (Wildman–Crippen LogP) is -3.84. The molecule has 0 aliphatic heterocycles. The summed E-state index contributed by atoms with van der Waals surface area (Å²) >= 11 is 0. The molecule has 0 unspecified atom stereocenters. The summed E-state index contributed by atoms with van der Waals surface area (Å²) in [5.41, 5.74) is 0. The zero-order valence-electron chi connectivity index (χ0n) is 0.500. The molecule has 0 rings (SSSR count). The minimum atomic E-state index is 0. The molecular formula is H9AlCaMgO. The van der Waals surface area contributed by atoms with Gasteiger partial charge in [0.25, 0.3) is 0 Å². The van der Waals surface area contributed by atoms with Crippen LogP contribution < -0.4 is 0 Å². The Bertz CT molecular complexity index is 8.00. The van der Waals surface area contributed by atoms with Gasteiger partial charge in [-0.05, 0) is 0 Å². The van der Waals surface area contributed by atoms with Crippen LogP contribution in [-0.2, 0) is 0 Å². The topological polar surface area (TPSA) is 31.5 Å². The van der Waals surface area contributed by atoms with Crippen LogP contribution in [0, 0.1) is 0 Å². The Morgan fingerprint density at radius 1 is 1.00 bits per heavy atom. The van der Waals surface area contributed by atoms with Crippen molar-refractivity contribution in [2.24, 2.45) is 0 Å². The molecule has 0 fully saturated rings. The molecule has 0 saturated carbocycles. The van der Waals surface area contributed by atoms with Gasteiger partial charge in [0.1, 0.15) is 0 Å². The summed E-state index contributed by atoms with van der Waals surface area (Å²) < 4.78 is 0. The second-order valence-electron chi connectivity index (χ2n) is 0. The van der Waals surface area contributed by atoms with Crippen LogP contribution in [0.2, 0.25) is 0 Å². The molecule has 0 heterocycles. The molecular weight excluding hydrogens is 107 g/mol. The van der Waals surface area contributed by atoms with E-state index in [9.17, 15) is 0 Å². The smallest absolute Gasteiger partial charge is 0.316 e. The molecule has 0 spiro atoms. The fourth-order valence-corrected chi connectivity index (χ4v) is 0. The fraction of sp³-hybridized carbons (Fsp3) is 0. The van der Waals surface area contributed by atoms with E-state index in [1.807, 2.05) is 0 Å². The minimum Gasteiger partial charge on any atom is 0.316 e. The van der Waals surface area contributed by atoms with Gasteiger partial charge < -0.3 is 5.48 Å². The van der Waals surface area contributed by atoms with Crippen LogP contribution >= 0.6 is 0 Å². The fourth-order valence-electron chi connectivity index (χ4n) is 0. The maximum Gasteiger partial charge on any atom is 0.316 e. The Kier molecular flexibility index (Phi) is 139. The van der Waals surface area contributed by atoms with Crippen molar-refractivity contribution in [1.29, 1.82) is 0 Å². The van der Waals surface area contributed by atoms with Crippen LogP contribution in [0.15, 0.2) is 0 Å². The van der Waals surface area contributed by atoms with Gasteiger partial charge in [0, 0.05) is 0 Å². The molecule has 2 N–H and O–H groups in total. The van der Waals surface area contributed by atoms with E-state index in [2.05, 4.69) is 0 Å². The van der Waals surface area contributed by atoms with Crippen molar-refractivity contribution in [3.8, 4) is 0 Å². The minimum absolute atomic E-state index is 0. The molecule has 4 heteroatoms. The Labute approximate surface area is 82.1 Å². The van der Waals surface area contributed by atoms with Gasteiger partial charge in [0.15, 0.2) is 17.4 Å². The Hall–Kier alpha value is 2.52. The second-order valence-corrected chi connectivity index (χ2v) is 0. The standard InChI is InChI=1S/Al.Ca.Mg.H2O.7H/h;;;1H2;;;;;;;. The van der Waals surface area contributed by atoms with Gasteiger partial charge in [-0.2, -0.15) is 0 Å². The number of rotatable bonds is 0. The van der Waals surface area contributed by atoms with Crippen molar-refractivity contribution in [3.63, 3.8) is 0 Å². The van der Waals surface area contributed by atoms with Crippen molar-refractivity contribution in [2.75, 3.05) is 0 Å². The molecule has 0 amide bonds. The van der Waals surface area contributed by atoms with Gasteiger partial charge in [-0.15, -0.1) is 0 Å². The monoisotopic (exact) mass is 116 g/mol. The molecule has 4 heavy (non-hydrogen) atoms. The van der Waals surface area contributed by atoms with Gasteiger partial charge in [-0.1, -0.05) is 0 Å². The number of hydrogen-bond donors (Lipinski definition) is 0. The average Bonchev–Trinajstić information content (AvgIpc) is 0. The first-order valence-electron chi connectivity index (χ1n) is 0. The van der Waals surface area contributed by atoms with Gasteiger partial charge in [0.05, 0.1) is 0 Å². The summed E-state index contributed by atoms with van der Waals surface area (Å²) in [5.74, 6) is 0. The first-order chi connectivity index (χ1) is 0. The van der Waals surface area contributed by atoms with Crippen LogP contribution in [0.4, 0.5) is 0 Å². The normalized spacial score (nSPS) is 0. The average molecular weight is 116 g/mol. The van der Waals surface area contributed by atoms with E-state index >= 15 is 0 Å². The van der Waals surface area contributed by atoms with E-state index in [0.717, 1.165) is 0 Å². The quantitative estimate of drug-likeness (QED) is 0.291. The van der Waals surface area contributed by atoms with Gasteiger partial charge in [-0.25, -0.2) is 0 Å². The Morgan fingerprint density at radius 2 is 1.00 bits per heavy atom. The van der Waals surface area contributed by atoms with E-state index in [1.54, 1.807) is 0 Å². The summed E-state index contributed by atoms with van der Waals surface area (Å²) in [6.07, 6.45) is 0. The first kappa shape index (κ1) is 31.3. The van der Waals surface area contributed by atoms with Gasteiger partial charge in [0.2, 0.25) is 0 Å². The summed E-state index contributed by atoms with van der Waals surface area (Å²) in [4.78, 5) is 0. The third-order valence-electron chi connectivity index (χ3n) is 0. The van der Waals surface area contributed by atoms with Crippen LogP contribution in [0.1, 0.15) is 0 Å². The molecule has 0 aromatic rings. The number of hydrogen-bond acceptors (Lipinski definition) is 0. The molecule has 0 aromatic carbocycles. The zero-order chi connectivity index (χ0) is 0. The molecule has 0 saturated heterocycles.